The van der Waals surface area contributed by atoms with Crippen LogP contribution >= 0.6 is 0 Å². The van der Waals surface area contributed by atoms with E-state index >= 15 is 0 Å². The molecule has 0 heterocycles. The number of nitrogens with zero attached hydrogens (tertiary/aromatic N) is 1. The van der Waals surface area contributed by atoms with E-state index in [1.165, 1.54) is 5.01 Å². The van der Waals surface area contributed by atoms with E-state index < -0.39 is 14.2 Å². The second kappa shape index (κ2) is 7.64. The van der Waals surface area contributed by atoms with Crippen LogP contribution in [0.15, 0.2) is 0 Å². The molecule has 0 aromatic heterocycles. The number of aliphatic hydroxyl groups excluding tert-OH is 1. The Kier molecular flexibility index (Phi) is 7.36. The highest BCUT2D eigenvalue weighted by Gasteiger charge is 2.15. The van der Waals surface area contributed by atoms with Crippen LogP contribution < -0.4 is 5.43 Å². The van der Waals surface area contributed by atoms with Gasteiger partial charge in [-0.25, -0.2) is 15.2 Å². The molecule has 16 heavy (non-hydrogen) atoms. The zero-order chi connectivity index (χ0) is 12.6. The van der Waals surface area contributed by atoms with Crippen LogP contribution in [-0.4, -0.2) is 49.1 Å². The van der Waals surface area contributed by atoms with Gasteiger partial charge in [0.2, 0.25) is 0 Å². The van der Waals surface area contributed by atoms with Crippen molar-refractivity contribution < 1.29 is 15.0 Å². The molecule has 0 aromatic carbocycles. The number of nitrogens with one attached hydrogen (secondary N) is 1. The minimum absolute atomic E-state index is 0.113. The summed E-state index contributed by atoms with van der Waals surface area (Å²) < 4.78 is 0. The average molecular weight is 248 g/mol. The van der Waals surface area contributed by atoms with Crippen molar-refractivity contribution >= 4 is 14.2 Å². The fraction of sp³-hybridized carbons (Fsp3) is 0.900. The molecule has 0 aliphatic rings. The third kappa shape index (κ3) is 8.69. The lowest BCUT2D eigenvalue weighted by Crippen LogP contribution is -2.44. The number of hydrazine groups is 1. The van der Waals surface area contributed by atoms with Gasteiger partial charge in [-0.15, -0.1) is 0 Å². The molecule has 0 unspecified atom stereocenters. The van der Waals surface area contributed by atoms with Gasteiger partial charge in [0.05, 0.1) is 0 Å². The van der Waals surface area contributed by atoms with Crippen LogP contribution in [0.4, 0.5) is 4.79 Å². The smallest absolute Gasteiger partial charge is 0.421 e. The predicted octanol–water partition coefficient (Wildman–Crippen LogP) is 1.58. The fourth-order valence-corrected chi connectivity index (χ4v) is 2.05. The zero-order valence-electron chi connectivity index (χ0n) is 10.5. The first kappa shape index (κ1) is 15.4. The summed E-state index contributed by atoms with van der Waals surface area (Å²) in [6.07, 6.45) is 0.371. The van der Waals surface area contributed by atoms with E-state index in [9.17, 15) is 4.79 Å². The molecule has 6 heteroatoms. The van der Waals surface area contributed by atoms with Crippen molar-refractivity contribution in [1.29, 1.82) is 0 Å². The lowest BCUT2D eigenvalue weighted by Gasteiger charge is -2.22. The Bertz CT molecular complexity index is 207. The lowest BCUT2D eigenvalue weighted by atomic mass is 10.3. The summed E-state index contributed by atoms with van der Waals surface area (Å²) in [7, 11) is -1.12. The Labute approximate surface area is 98.4 Å². The van der Waals surface area contributed by atoms with Gasteiger partial charge in [0.25, 0.3) is 0 Å². The first-order valence-electron chi connectivity index (χ1n) is 5.71. The Hall–Kier alpha value is -0.593. The Balaban J connectivity index is 3.81. The van der Waals surface area contributed by atoms with Crippen LogP contribution in [-0.2, 0) is 0 Å². The predicted molar refractivity (Wildman–Crippen MR) is 67.2 cm³/mol. The van der Waals surface area contributed by atoms with E-state index in [0.29, 0.717) is 25.9 Å². The number of rotatable bonds is 8. The Morgan fingerprint density at radius 3 is 2.38 bits per heavy atom. The average Bonchev–Trinajstić information content (AvgIpc) is 2.13. The summed E-state index contributed by atoms with van der Waals surface area (Å²) in [5, 5.41) is 18.8. The van der Waals surface area contributed by atoms with Crippen molar-refractivity contribution in [2.45, 2.75) is 38.5 Å². The summed E-state index contributed by atoms with van der Waals surface area (Å²) in [4.78, 5) is 10.9. The molecule has 3 N–H and O–H groups in total. The summed E-state index contributed by atoms with van der Waals surface area (Å²) >= 11 is 0. The molecule has 0 aliphatic carbocycles. The molecular weight excluding hydrogens is 224 g/mol. The van der Waals surface area contributed by atoms with E-state index in [1.54, 1.807) is 0 Å². The first-order valence-corrected chi connectivity index (χ1v) is 9.42. The van der Waals surface area contributed by atoms with Crippen LogP contribution in [0.1, 0.15) is 12.8 Å². The van der Waals surface area contributed by atoms with Gasteiger partial charge in [-0.2, -0.15) is 0 Å². The third-order valence-electron chi connectivity index (χ3n) is 2.20. The highest BCUT2D eigenvalue weighted by Crippen LogP contribution is 2.06. The molecule has 0 aliphatic heterocycles. The van der Waals surface area contributed by atoms with Crippen LogP contribution in [0.25, 0.3) is 0 Å². The highest BCUT2D eigenvalue weighted by molar-refractivity contribution is 6.76. The number of amides is 1. The van der Waals surface area contributed by atoms with E-state index in [2.05, 4.69) is 25.1 Å². The van der Waals surface area contributed by atoms with Gasteiger partial charge in [0.15, 0.2) is 0 Å². The van der Waals surface area contributed by atoms with Crippen molar-refractivity contribution in [2.24, 2.45) is 0 Å². The molecule has 0 fully saturated rings. The molecular formula is C10H24N2O3Si. The SMILES string of the molecule is C[Si](C)(C)CCNN(CCCCO)C(=O)O. The minimum Gasteiger partial charge on any atom is -0.464 e. The third-order valence-corrected chi connectivity index (χ3v) is 3.95. The largest absolute Gasteiger partial charge is 0.464 e. The maximum Gasteiger partial charge on any atom is 0.421 e. The maximum absolute atomic E-state index is 10.9. The molecule has 1 amide bonds. The van der Waals surface area contributed by atoms with E-state index in [1.807, 2.05) is 0 Å². The molecule has 0 rings (SSSR count). The number of aliphatic hydroxyl groups is 1. The van der Waals surface area contributed by atoms with Gasteiger partial charge in [-0.05, 0) is 18.9 Å². The van der Waals surface area contributed by atoms with Gasteiger partial charge < -0.3 is 10.2 Å². The van der Waals surface area contributed by atoms with Gasteiger partial charge >= 0.3 is 6.09 Å². The summed E-state index contributed by atoms with van der Waals surface area (Å²) in [5.74, 6) is 0. The zero-order valence-corrected chi connectivity index (χ0v) is 11.5. The van der Waals surface area contributed by atoms with E-state index in [-0.39, 0.29) is 6.61 Å². The summed E-state index contributed by atoms with van der Waals surface area (Å²) in [6.45, 7) is 8.02. The highest BCUT2D eigenvalue weighted by atomic mass is 28.3. The second-order valence-electron chi connectivity index (χ2n) is 5.08. The monoisotopic (exact) mass is 248 g/mol. The van der Waals surface area contributed by atoms with Crippen molar-refractivity contribution in [3.05, 3.63) is 0 Å². The number of unbranched alkanes of at least 4 members (excludes halogenated alkanes) is 1. The maximum atomic E-state index is 10.9. The molecule has 0 bridgehead atoms. The van der Waals surface area contributed by atoms with Gasteiger partial charge in [-0.1, -0.05) is 19.6 Å². The standard InChI is InChI=1S/C10H24N2O3Si/c1-16(2,3)9-6-11-12(10(14)15)7-4-5-8-13/h11,13H,4-9H2,1-3H3,(H,14,15). The normalized spacial score (nSPS) is 11.5. The Morgan fingerprint density at radius 2 is 1.94 bits per heavy atom. The summed E-state index contributed by atoms with van der Waals surface area (Å²) in [5.41, 5.74) is 2.92. The van der Waals surface area contributed by atoms with Crippen LogP contribution in [0.5, 0.6) is 0 Å². The molecule has 0 aromatic rings. The van der Waals surface area contributed by atoms with Crippen LogP contribution in [0.3, 0.4) is 0 Å². The minimum atomic E-state index is -1.12. The molecule has 5 nitrogen and oxygen atoms in total. The van der Waals surface area contributed by atoms with Crippen molar-refractivity contribution in [3.8, 4) is 0 Å². The number of carboxylic acid groups (broad SMARTS) is 1. The molecule has 0 atom stereocenters. The van der Waals surface area contributed by atoms with Crippen molar-refractivity contribution in [2.75, 3.05) is 19.7 Å². The quantitative estimate of drug-likeness (QED) is 0.346. The number of hydrogen-bond donors (Lipinski definition) is 3. The van der Waals surface area contributed by atoms with Crippen LogP contribution in [0, 0.1) is 0 Å². The molecule has 96 valence electrons. The van der Waals surface area contributed by atoms with Gasteiger partial charge in [-0.3, -0.25) is 0 Å². The molecule has 0 spiro atoms. The van der Waals surface area contributed by atoms with Gasteiger partial charge in [0.1, 0.15) is 0 Å². The van der Waals surface area contributed by atoms with Crippen molar-refractivity contribution in [1.82, 2.24) is 10.4 Å². The number of hydrogen-bond acceptors (Lipinski definition) is 3. The Morgan fingerprint density at radius 1 is 1.31 bits per heavy atom. The number of carbonyl (C=O) groups is 1. The van der Waals surface area contributed by atoms with Crippen LogP contribution in [0.2, 0.25) is 25.7 Å². The molecule has 0 saturated carbocycles. The molecule has 0 radical (unpaired) electrons. The lowest BCUT2D eigenvalue weighted by molar-refractivity contribution is 0.119. The first-order chi connectivity index (χ1) is 7.37. The summed E-state index contributed by atoms with van der Waals surface area (Å²) in [6, 6.07) is 1.05. The van der Waals surface area contributed by atoms with Crippen molar-refractivity contribution in [3.63, 3.8) is 0 Å². The topological polar surface area (TPSA) is 72.8 Å². The molecule has 0 saturated heterocycles. The fourth-order valence-electron chi connectivity index (χ4n) is 1.19. The van der Waals surface area contributed by atoms with E-state index in [4.69, 9.17) is 10.2 Å². The van der Waals surface area contributed by atoms with E-state index in [0.717, 1.165) is 6.04 Å². The second-order valence-corrected chi connectivity index (χ2v) is 10.7. The van der Waals surface area contributed by atoms with Gasteiger partial charge in [0, 0.05) is 27.8 Å².